The van der Waals surface area contributed by atoms with E-state index in [-0.39, 0.29) is 23.7 Å². The van der Waals surface area contributed by atoms with Crippen LogP contribution >= 0.6 is 0 Å². The minimum Gasteiger partial charge on any atom is -0.444 e. The molecule has 1 unspecified atom stereocenters. The van der Waals surface area contributed by atoms with Gasteiger partial charge in [-0.1, -0.05) is 30.3 Å². The maximum Gasteiger partial charge on any atom is 0.410 e. The van der Waals surface area contributed by atoms with Gasteiger partial charge in [0.15, 0.2) is 5.82 Å². The lowest BCUT2D eigenvalue weighted by molar-refractivity contribution is -0.122. The Kier molecular flexibility index (Phi) is 7.65. The summed E-state index contributed by atoms with van der Waals surface area (Å²) in [6.07, 6.45) is -0.0608. The normalized spacial score (nSPS) is 12.7. The Morgan fingerprint density at radius 2 is 1.58 bits per heavy atom. The second kappa shape index (κ2) is 9.80. The van der Waals surface area contributed by atoms with Crippen molar-refractivity contribution < 1.29 is 14.3 Å². The van der Waals surface area contributed by atoms with Crippen LogP contribution in [0.25, 0.3) is 11.4 Å². The number of carbonyl (C=O) groups is 2. The van der Waals surface area contributed by atoms with Gasteiger partial charge in [0.25, 0.3) is 0 Å². The van der Waals surface area contributed by atoms with Crippen LogP contribution in [0.15, 0.2) is 30.3 Å². The van der Waals surface area contributed by atoms with E-state index in [0.717, 1.165) is 5.56 Å². The van der Waals surface area contributed by atoms with Crippen molar-refractivity contribution in [2.24, 2.45) is 0 Å². The van der Waals surface area contributed by atoms with E-state index in [2.05, 4.69) is 25.7 Å². The number of benzene rings is 1. The topological polar surface area (TPSA) is 110 Å². The lowest BCUT2D eigenvalue weighted by Gasteiger charge is -2.29. The van der Waals surface area contributed by atoms with Crippen LogP contribution in [0.1, 0.15) is 66.3 Å². The third-order valence-electron chi connectivity index (χ3n) is 4.13. The van der Waals surface area contributed by atoms with Crippen molar-refractivity contribution in [3.8, 4) is 11.4 Å². The monoisotopic (exact) mass is 428 g/mol. The molecule has 0 saturated heterocycles. The molecule has 2 rings (SSSR count). The molecule has 0 aliphatic rings. The van der Waals surface area contributed by atoms with Crippen LogP contribution in [0.2, 0.25) is 0 Å². The number of carbonyl (C=O) groups excluding carboxylic acids is 2. The van der Waals surface area contributed by atoms with Gasteiger partial charge in [0.1, 0.15) is 5.60 Å². The Morgan fingerprint density at radius 3 is 2.10 bits per heavy atom. The average molecular weight is 429 g/mol. The summed E-state index contributed by atoms with van der Waals surface area (Å²) in [6.45, 7) is 11.1. The van der Waals surface area contributed by atoms with Crippen molar-refractivity contribution in [2.75, 3.05) is 7.05 Å². The predicted octanol–water partition coefficient (Wildman–Crippen LogP) is 3.54. The molecule has 1 aromatic carbocycles. The van der Waals surface area contributed by atoms with Gasteiger partial charge >= 0.3 is 6.09 Å². The van der Waals surface area contributed by atoms with E-state index in [4.69, 9.17) is 4.74 Å². The summed E-state index contributed by atoms with van der Waals surface area (Å²) in [5.41, 5.74) is -0.218. The highest BCUT2D eigenvalue weighted by Crippen LogP contribution is 2.24. The van der Waals surface area contributed by atoms with Gasteiger partial charge in [0.05, 0.1) is 6.04 Å². The van der Waals surface area contributed by atoms with E-state index in [1.165, 1.54) is 4.90 Å². The summed E-state index contributed by atoms with van der Waals surface area (Å²) in [7, 11) is 1.59. The Bertz CT molecular complexity index is 873. The Hall–Kier alpha value is -3.10. The Labute approximate surface area is 183 Å². The molecule has 2 aromatic rings. The molecule has 0 fully saturated rings. The lowest BCUT2D eigenvalue weighted by Crippen LogP contribution is -2.41. The molecule has 0 radical (unpaired) electrons. The summed E-state index contributed by atoms with van der Waals surface area (Å²) >= 11 is 0. The number of nitrogens with one attached hydrogen (secondary N) is 1. The molecule has 1 heterocycles. The van der Waals surface area contributed by atoms with Crippen molar-refractivity contribution in [3.63, 3.8) is 0 Å². The number of hydrogen-bond acceptors (Lipinski definition) is 7. The second-order valence-electron chi connectivity index (χ2n) is 9.39. The second-order valence-corrected chi connectivity index (χ2v) is 9.39. The minimum absolute atomic E-state index is 0.128. The van der Waals surface area contributed by atoms with Gasteiger partial charge in [-0.05, 0) is 48.0 Å². The first-order chi connectivity index (χ1) is 14.4. The van der Waals surface area contributed by atoms with Crippen LogP contribution < -0.4 is 5.32 Å². The summed E-state index contributed by atoms with van der Waals surface area (Å²) in [5.74, 6) is 0.502. The molecule has 2 amide bonds. The quantitative estimate of drug-likeness (QED) is 0.749. The summed E-state index contributed by atoms with van der Waals surface area (Å²) in [6, 6.07) is 8.75. The summed E-state index contributed by atoms with van der Waals surface area (Å²) in [4.78, 5) is 26.4. The molecular weight excluding hydrogens is 396 g/mol. The molecule has 0 saturated carbocycles. The van der Waals surface area contributed by atoms with Crippen molar-refractivity contribution in [1.82, 2.24) is 30.6 Å². The zero-order valence-corrected chi connectivity index (χ0v) is 19.3. The average Bonchev–Trinajstić information content (AvgIpc) is 2.66. The van der Waals surface area contributed by atoms with Gasteiger partial charge in [-0.15, -0.1) is 20.4 Å². The highest BCUT2D eigenvalue weighted by molar-refractivity contribution is 5.76. The van der Waals surface area contributed by atoms with Crippen molar-refractivity contribution >= 4 is 12.0 Å². The van der Waals surface area contributed by atoms with Crippen LogP contribution in [-0.2, 0) is 9.53 Å². The van der Waals surface area contributed by atoms with E-state index >= 15 is 0 Å². The number of aromatic nitrogens is 4. The molecule has 168 valence electrons. The fourth-order valence-corrected chi connectivity index (χ4v) is 2.78. The molecular formula is C22H32N6O3. The standard InChI is InChI=1S/C22H32N6O3/c1-21(2,3)23-17(29)14-13-16(28(7)20(30)31-22(4,5)6)19-26-24-18(25-27-19)15-11-9-8-10-12-15/h8-12,16H,13-14H2,1-7H3,(H,23,29). The van der Waals surface area contributed by atoms with Crippen LogP contribution in [0.5, 0.6) is 0 Å². The van der Waals surface area contributed by atoms with Gasteiger partial charge in [-0.25, -0.2) is 4.79 Å². The summed E-state index contributed by atoms with van der Waals surface area (Å²) in [5, 5.41) is 19.7. The van der Waals surface area contributed by atoms with Gasteiger partial charge in [-0.2, -0.15) is 0 Å². The Balaban J connectivity index is 2.24. The maximum absolute atomic E-state index is 12.6. The smallest absolute Gasteiger partial charge is 0.410 e. The lowest BCUT2D eigenvalue weighted by atomic mass is 10.1. The molecule has 1 N–H and O–H groups in total. The van der Waals surface area contributed by atoms with Crippen molar-refractivity contribution in [3.05, 3.63) is 36.2 Å². The number of ether oxygens (including phenoxy) is 1. The number of rotatable bonds is 6. The van der Waals surface area contributed by atoms with Crippen molar-refractivity contribution in [1.29, 1.82) is 0 Å². The molecule has 1 aromatic heterocycles. The van der Waals surface area contributed by atoms with Crippen LogP contribution in [0, 0.1) is 0 Å². The van der Waals surface area contributed by atoms with E-state index in [1.54, 1.807) is 27.8 Å². The maximum atomic E-state index is 12.6. The van der Waals surface area contributed by atoms with E-state index in [1.807, 2.05) is 51.1 Å². The highest BCUT2D eigenvalue weighted by Gasteiger charge is 2.30. The summed E-state index contributed by atoms with van der Waals surface area (Å²) < 4.78 is 5.47. The van der Waals surface area contributed by atoms with Gasteiger partial charge < -0.3 is 15.0 Å². The zero-order chi connectivity index (χ0) is 23.2. The first kappa shape index (κ1) is 24.2. The van der Waals surface area contributed by atoms with Crippen LogP contribution in [-0.4, -0.2) is 55.5 Å². The van der Waals surface area contributed by atoms with Gasteiger partial charge in [0, 0.05) is 24.6 Å². The first-order valence-corrected chi connectivity index (χ1v) is 10.3. The van der Waals surface area contributed by atoms with Gasteiger partial charge in [0.2, 0.25) is 11.7 Å². The fourth-order valence-electron chi connectivity index (χ4n) is 2.78. The third-order valence-corrected chi connectivity index (χ3v) is 4.13. The minimum atomic E-state index is -0.659. The van der Waals surface area contributed by atoms with E-state index < -0.39 is 17.7 Å². The molecule has 31 heavy (non-hydrogen) atoms. The zero-order valence-electron chi connectivity index (χ0n) is 19.3. The number of nitrogens with zero attached hydrogens (tertiary/aromatic N) is 5. The Morgan fingerprint density at radius 1 is 1.00 bits per heavy atom. The van der Waals surface area contributed by atoms with E-state index in [0.29, 0.717) is 12.2 Å². The molecule has 0 aliphatic heterocycles. The molecule has 0 aliphatic carbocycles. The SMILES string of the molecule is CN(C(=O)OC(C)(C)C)C(CCC(=O)NC(C)(C)C)c1nnc(-c2ccccc2)nn1. The van der Waals surface area contributed by atoms with Crippen LogP contribution in [0.4, 0.5) is 4.79 Å². The highest BCUT2D eigenvalue weighted by atomic mass is 16.6. The molecule has 9 nitrogen and oxygen atoms in total. The van der Waals surface area contributed by atoms with Gasteiger partial charge in [-0.3, -0.25) is 4.79 Å². The van der Waals surface area contributed by atoms with Crippen molar-refractivity contribution in [2.45, 2.75) is 71.6 Å². The number of hydrogen-bond donors (Lipinski definition) is 1. The molecule has 0 spiro atoms. The molecule has 9 heteroatoms. The predicted molar refractivity (Wildman–Crippen MR) is 117 cm³/mol. The fraction of sp³-hybridized carbons (Fsp3) is 0.545. The third kappa shape index (κ3) is 7.92. The van der Waals surface area contributed by atoms with E-state index in [9.17, 15) is 9.59 Å². The first-order valence-electron chi connectivity index (χ1n) is 10.3. The largest absolute Gasteiger partial charge is 0.444 e. The molecule has 1 atom stereocenters. The molecule has 0 bridgehead atoms. The van der Waals surface area contributed by atoms with Crippen LogP contribution in [0.3, 0.4) is 0 Å². The number of amides is 2.